The van der Waals surface area contributed by atoms with Gasteiger partial charge in [0.25, 0.3) is 0 Å². The maximum Gasteiger partial charge on any atom is 0.306 e. The fraction of sp³-hybridized carbons (Fsp3) is 0.746. The molecule has 6 heteroatoms. The normalized spacial score (nSPS) is 12.6. The van der Waals surface area contributed by atoms with Gasteiger partial charge in [-0.15, -0.1) is 0 Å². The van der Waals surface area contributed by atoms with Crippen molar-refractivity contribution in [3.8, 4) is 0 Å². The number of hydrogen-bond acceptors (Lipinski definition) is 6. The molecule has 0 aromatic heterocycles. The van der Waals surface area contributed by atoms with Crippen LogP contribution in [0.2, 0.25) is 0 Å². The van der Waals surface area contributed by atoms with Crippen LogP contribution < -0.4 is 0 Å². The van der Waals surface area contributed by atoms with E-state index in [1.54, 1.807) is 0 Å². The summed E-state index contributed by atoms with van der Waals surface area (Å²) in [6, 6.07) is 0. The lowest BCUT2D eigenvalue weighted by Gasteiger charge is -2.18. The van der Waals surface area contributed by atoms with E-state index in [-0.39, 0.29) is 31.1 Å². The number of carbonyl (C=O) groups excluding carboxylic acids is 3. The summed E-state index contributed by atoms with van der Waals surface area (Å²) in [5.74, 6) is -0.913. The molecular formula is C59H102O6. The van der Waals surface area contributed by atoms with Crippen LogP contribution in [0.1, 0.15) is 265 Å². The molecule has 0 spiro atoms. The van der Waals surface area contributed by atoms with E-state index in [0.29, 0.717) is 19.3 Å². The lowest BCUT2D eigenvalue weighted by atomic mass is 10.0. The highest BCUT2D eigenvalue weighted by molar-refractivity contribution is 5.71. The third-order valence-electron chi connectivity index (χ3n) is 11.8. The minimum Gasteiger partial charge on any atom is -0.462 e. The summed E-state index contributed by atoms with van der Waals surface area (Å²) in [6.07, 6.45) is 67.5. The third kappa shape index (κ3) is 51.7. The highest BCUT2D eigenvalue weighted by Crippen LogP contribution is 2.16. The summed E-state index contributed by atoms with van der Waals surface area (Å²) in [7, 11) is 0. The van der Waals surface area contributed by atoms with Gasteiger partial charge in [0.1, 0.15) is 13.2 Å². The SMILES string of the molecule is CC\C=C/C=C\C=C/CCCCCCCC(=O)OCC(COC(=O)CCCCCCCCCCCCCCCCCCCC)OC(=O)CCCCCCCC/C=C\C/C=C\C/C=C\CC. The minimum absolute atomic E-state index is 0.0857. The monoisotopic (exact) mass is 907 g/mol. The van der Waals surface area contributed by atoms with Crippen molar-refractivity contribution in [3.05, 3.63) is 72.9 Å². The van der Waals surface area contributed by atoms with Gasteiger partial charge in [0.15, 0.2) is 6.10 Å². The molecule has 0 radical (unpaired) electrons. The van der Waals surface area contributed by atoms with Crippen molar-refractivity contribution in [2.45, 2.75) is 271 Å². The van der Waals surface area contributed by atoms with Gasteiger partial charge in [-0.1, -0.05) is 248 Å². The molecule has 0 fully saturated rings. The van der Waals surface area contributed by atoms with Crippen molar-refractivity contribution in [1.29, 1.82) is 0 Å². The Morgan fingerprint density at radius 2 is 0.677 bits per heavy atom. The molecule has 0 aromatic rings. The Labute approximate surface area is 402 Å². The zero-order valence-corrected chi connectivity index (χ0v) is 42.7. The Morgan fingerprint density at radius 1 is 0.338 bits per heavy atom. The van der Waals surface area contributed by atoms with E-state index >= 15 is 0 Å². The van der Waals surface area contributed by atoms with E-state index in [9.17, 15) is 14.4 Å². The van der Waals surface area contributed by atoms with Gasteiger partial charge in [-0.25, -0.2) is 0 Å². The fourth-order valence-corrected chi connectivity index (χ4v) is 7.69. The molecular weight excluding hydrogens is 805 g/mol. The lowest BCUT2D eigenvalue weighted by Crippen LogP contribution is -2.30. The van der Waals surface area contributed by atoms with Gasteiger partial charge in [0.05, 0.1) is 0 Å². The molecule has 0 heterocycles. The van der Waals surface area contributed by atoms with Gasteiger partial charge in [-0.05, 0) is 70.6 Å². The van der Waals surface area contributed by atoms with E-state index in [1.165, 1.54) is 109 Å². The van der Waals surface area contributed by atoms with Crippen LogP contribution in [0.4, 0.5) is 0 Å². The first-order valence-electron chi connectivity index (χ1n) is 27.5. The standard InChI is InChI=1S/C59H102O6/c1-4-7-10-13-16-19-22-25-27-29-30-32-34-37-40-43-46-49-52-58(61)64-55-56(54-63-57(60)51-48-45-42-39-36-33-24-21-18-15-12-9-6-3)65-59(62)53-50-47-44-41-38-35-31-28-26-23-20-17-14-11-8-5-2/h8-9,11-12,15,17-18,20-21,24,26,28,56H,4-7,10,13-14,16,19,22-23,25,27,29-55H2,1-3H3/b11-8-,12-9-,18-15-,20-17-,24-21-,28-26-. The molecule has 0 aliphatic rings. The first kappa shape index (κ1) is 61.9. The van der Waals surface area contributed by atoms with Gasteiger partial charge < -0.3 is 14.2 Å². The van der Waals surface area contributed by atoms with Gasteiger partial charge in [0, 0.05) is 19.3 Å². The molecule has 65 heavy (non-hydrogen) atoms. The van der Waals surface area contributed by atoms with Crippen LogP contribution in [-0.4, -0.2) is 37.2 Å². The van der Waals surface area contributed by atoms with Crippen LogP contribution in [0.25, 0.3) is 0 Å². The third-order valence-corrected chi connectivity index (χ3v) is 11.8. The van der Waals surface area contributed by atoms with Gasteiger partial charge >= 0.3 is 17.9 Å². The van der Waals surface area contributed by atoms with Crippen LogP contribution in [0.3, 0.4) is 0 Å². The predicted molar refractivity (Wildman–Crippen MR) is 279 cm³/mol. The quantitative estimate of drug-likeness (QED) is 0.0199. The topological polar surface area (TPSA) is 78.9 Å². The molecule has 0 aliphatic heterocycles. The summed E-state index contributed by atoms with van der Waals surface area (Å²) >= 11 is 0. The number of carbonyl (C=O) groups is 3. The number of ether oxygens (including phenoxy) is 3. The number of rotatable bonds is 49. The zero-order valence-electron chi connectivity index (χ0n) is 42.7. The number of allylic oxidation sites excluding steroid dienone is 12. The number of hydrogen-bond donors (Lipinski definition) is 0. The summed E-state index contributed by atoms with van der Waals surface area (Å²) < 4.78 is 16.8. The highest BCUT2D eigenvalue weighted by atomic mass is 16.6. The smallest absolute Gasteiger partial charge is 0.306 e. The average Bonchev–Trinajstić information content (AvgIpc) is 3.30. The molecule has 0 amide bonds. The zero-order chi connectivity index (χ0) is 47.2. The molecule has 1 unspecified atom stereocenters. The molecule has 374 valence electrons. The fourth-order valence-electron chi connectivity index (χ4n) is 7.69. The second-order valence-corrected chi connectivity index (χ2v) is 18.1. The molecule has 6 nitrogen and oxygen atoms in total. The largest absolute Gasteiger partial charge is 0.462 e. The summed E-state index contributed by atoms with van der Waals surface area (Å²) in [4.78, 5) is 38.1. The Morgan fingerprint density at radius 3 is 1.11 bits per heavy atom. The molecule has 0 saturated heterocycles. The van der Waals surface area contributed by atoms with Crippen molar-refractivity contribution in [2.75, 3.05) is 13.2 Å². The maximum absolute atomic E-state index is 12.8. The van der Waals surface area contributed by atoms with Gasteiger partial charge in [-0.3, -0.25) is 14.4 Å². The van der Waals surface area contributed by atoms with Crippen LogP contribution >= 0.6 is 0 Å². The molecule has 0 aromatic carbocycles. The second kappa shape index (κ2) is 53.5. The Balaban J connectivity index is 4.38. The Bertz CT molecular complexity index is 1230. The number of unbranched alkanes of at least 4 members (excludes halogenated alkanes) is 28. The molecule has 0 saturated carbocycles. The van der Waals surface area contributed by atoms with Crippen molar-refractivity contribution in [1.82, 2.24) is 0 Å². The molecule has 0 aliphatic carbocycles. The van der Waals surface area contributed by atoms with E-state index in [2.05, 4.69) is 93.7 Å². The van der Waals surface area contributed by atoms with Gasteiger partial charge in [0.2, 0.25) is 0 Å². The van der Waals surface area contributed by atoms with E-state index in [0.717, 1.165) is 116 Å². The summed E-state index contributed by atoms with van der Waals surface area (Å²) in [6.45, 7) is 6.39. The molecule has 0 N–H and O–H groups in total. The average molecular weight is 907 g/mol. The summed E-state index contributed by atoms with van der Waals surface area (Å²) in [5.41, 5.74) is 0. The van der Waals surface area contributed by atoms with Crippen LogP contribution in [0.15, 0.2) is 72.9 Å². The van der Waals surface area contributed by atoms with E-state index < -0.39 is 6.10 Å². The predicted octanol–water partition coefficient (Wildman–Crippen LogP) is 18.2. The lowest BCUT2D eigenvalue weighted by molar-refractivity contribution is -0.167. The number of esters is 3. The maximum atomic E-state index is 12.8. The second-order valence-electron chi connectivity index (χ2n) is 18.1. The first-order chi connectivity index (χ1) is 32.0. The van der Waals surface area contributed by atoms with Crippen LogP contribution in [-0.2, 0) is 28.6 Å². The Kier molecular flexibility index (Phi) is 50.9. The van der Waals surface area contributed by atoms with E-state index in [4.69, 9.17) is 14.2 Å². The minimum atomic E-state index is -0.789. The van der Waals surface area contributed by atoms with Crippen molar-refractivity contribution >= 4 is 17.9 Å². The van der Waals surface area contributed by atoms with E-state index in [1.807, 2.05) is 0 Å². The van der Waals surface area contributed by atoms with Gasteiger partial charge in [-0.2, -0.15) is 0 Å². The molecule has 0 rings (SSSR count). The van der Waals surface area contributed by atoms with Crippen LogP contribution in [0, 0.1) is 0 Å². The van der Waals surface area contributed by atoms with Crippen molar-refractivity contribution in [2.24, 2.45) is 0 Å². The molecule has 0 bridgehead atoms. The highest BCUT2D eigenvalue weighted by Gasteiger charge is 2.19. The Hall–Kier alpha value is -3.15. The van der Waals surface area contributed by atoms with Crippen LogP contribution in [0.5, 0.6) is 0 Å². The molecule has 1 atom stereocenters. The summed E-state index contributed by atoms with van der Waals surface area (Å²) in [5, 5.41) is 0. The van der Waals surface area contributed by atoms with Crippen molar-refractivity contribution < 1.29 is 28.6 Å². The first-order valence-corrected chi connectivity index (χ1v) is 27.5. The van der Waals surface area contributed by atoms with Crippen molar-refractivity contribution in [3.63, 3.8) is 0 Å².